The van der Waals surface area contributed by atoms with E-state index in [1.54, 1.807) is 6.07 Å². The molecule has 0 saturated heterocycles. The molecular formula is C17H16N2O2. The maximum atomic E-state index is 11.9. The highest BCUT2D eigenvalue weighted by Gasteiger charge is 2.14. The van der Waals surface area contributed by atoms with Crippen molar-refractivity contribution in [1.82, 2.24) is 10.5 Å². The van der Waals surface area contributed by atoms with Crippen molar-refractivity contribution in [2.24, 2.45) is 0 Å². The van der Waals surface area contributed by atoms with Crippen LogP contribution < -0.4 is 5.32 Å². The average Bonchev–Trinajstić information content (AvgIpc) is 2.96. The molecule has 0 aliphatic heterocycles. The Morgan fingerprint density at radius 3 is 2.62 bits per heavy atom. The Morgan fingerprint density at radius 1 is 1.10 bits per heavy atom. The highest BCUT2D eigenvalue weighted by Crippen LogP contribution is 2.25. The fourth-order valence-electron chi connectivity index (χ4n) is 2.20. The molecule has 4 heteroatoms. The lowest BCUT2D eigenvalue weighted by Crippen LogP contribution is -2.30. The first-order valence-corrected chi connectivity index (χ1v) is 6.90. The summed E-state index contributed by atoms with van der Waals surface area (Å²) in [5, 5.41) is 8.92. The molecule has 0 spiro atoms. The molecule has 3 rings (SSSR count). The van der Waals surface area contributed by atoms with E-state index in [0.29, 0.717) is 11.5 Å². The van der Waals surface area contributed by atoms with Crippen molar-refractivity contribution in [3.05, 3.63) is 54.2 Å². The van der Waals surface area contributed by atoms with E-state index in [4.69, 9.17) is 4.52 Å². The van der Waals surface area contributed by atoms with Crippen LogP contribution in [0.4, 0.5) is 0 Å². The van der Waals surface area contributed by atoms with E-state index in [0.717, 1.165) is 10.9 Å². The summed E-state index contributed by atoms with van der Waals surface area (Å²) in [5.41, 5.74) is 1.21. The van der Waals surface area contributed by atoms with Crippen molar-refractivity contribution in [3.8, 4) is 11.3 Å². The van der Waals surface area contributed by atoms with Gasteiger partial charge in [0.25, 0.3) is 5.91 Å². The van der Waals surface area contributed by atoms with Crippen LogP contribution in [0, 0.1) is 0 Å². The molecule has 21 heavy (non-hydrogen) atoms. The van der Waals surface area contributed by atoms with E-state index < -0.39 is 0 Å². The molecule has 106 valence electrons. The van der Waals surface area contributed by atoms with Crippen LogP contribution >= 0.6 is 0 Å². The molecule has 1 heterocycles. The minimum atomic E-state index is -0.221. The van der Waals surface area contributed by atoms with Crippen LogP contribution in [0.25, 0.3) is 22.1 Å². The first kappa shape index (κ1) is 13.4. The SMILES string of the molecule is CC(C)NC(=O)c1cc(-c2ccc3ccccc3c2)on1. The van der Waals surface area contributed by atoms with E-state index in [1.165, 1.54) is 5.39 Å². The zero-order chi connectivity index (χ0) is 14.8. The highest BCUT2D eigenvalue weighted by molar-refractivity contribution is 5.93. The second-order valence-electron chi connectivity index (χ2n) is 5.27. The first-order valence-electron chi connectivity index (χ1n) is 6.90. The highest BCUT2D eigenvalue weighted by atomic mass is 16.5. The number of nitrogens with one attached hydrogen (secondary N) is 1. The van der Waals surface area contributed by atoms with Crippen LogP contribution in [-0.2, 0) is 0 Å². The quantitative estimate of drug-likeness (QED) is 0.797. The average molecular weight is 280 g/mol. The van der Waals surface area contributed by atoms with Gasteiger partial charge in [-0.3, -0.25) is 4.79 Å². The first-order chi connectivity index (χ1) is 10.1. The standard InChI is InChI=1S/C17H16N2O2/c1-11(2)18-17(20)15-10-16(21-19-15)14-8-7-12-5-3-4-6-13(12)9-14/h3-11H,1-2H3,(H,18,20). The number of nitrogens with zero attached hydrogens (tertiary/aromatic N) is 1. The summed E-state index contributed by atoms with van der Waals surface area (Å²) >= 11 is 0. The molecule has 0 unspecified atom stereocenters. The van der Waals surface area contributed by atoms with Gasteiger partial charge in [0.05, 0.1) is 0 Å². The number of carbonyl (C=O) groups is 1. The predicted octanol–water partition coefficient (Wildman–Crippen LogP) is 3.63. The molecule has 0 atom stereocenters. The molecule has 0 aliphatic carbocycles. The Labute approximate surface area is 122 Å². The van der Waals surface area contributed by atoms with Gasteiger partial charge in [-0.2, -0.15) is 0 Å². The van der Waals surface area contributed by atoms with Crippen LogP contribution in [0.3, 0.4) is 0 Å². The van der Waals surface area contributed by atoms with Gasteiger partial charge >= 0.3 is 0 Å². The van der Waals surface area contributed by atoms with Crippen molar-refractivity contribution < 1.29 is 9.32 Å². The predicted molar refractivity (Wildman–Crippen MR) is 82.0 cm³/mol. The van der Waals surface area contributed by atoms with Gasteiger partial charge in [0.2, 0.25) is 0 Å². The van der Waals surface area contributed by atoms with Crippen LogP contribution in [-0.4, -0.2) is 17.1 Å². The lowest BCUT2D eigenvalue weighted by Gasteiger charge is -2.04. The molecule has 0 bridgehead atoms. The molecule has 3 aromatic rings. The number of carbonyl (C=O) groups excluding carboxylic acids is 1. The third-order valence-electron chi connectivity index (χ3n) is 3.20. The molecule has 0 saturated carbocycles. The van der Waals surface area contributed by atoms with Crippen LogP contribution in [0.2, 0.25) is 0 Å². The number of aromatic nitrogens is 1. The smallest absolute Gasteiger partial charge is 0.273 e. The second kappa shape index (κ2) is 5.40. The molecule has 2 aromatic carbocycles. The Morgan fingerprint density at radius 2 is 1.86 bits per heavy atom. The van der Waals surface area contributed by atoms with E-state index in [2.05, 4.69) is 16.5 Å². The van der Waals surface area contributed by atoms with E-state index in [1.807, 2.05) is 50.2 Å². The third kappa shape index (κ3) is 2.79. The Bertz CT molecular complexity index is 790. The van der Waals surface area contributed by atoms with Crippen LogP contribution in [0.5, 0.6) is 0 Å². The Hall–Kier alpha value is -2.62. The summed E-state index contributed by atoms with van der Waals surface area (Å²) in [7, 11) is 0. The van der Waals surface area contributed by atoms with Gasteiger partial charge in [0.1, 0.15) is 0 Å². The summed E-state index contributed by atoms with van der Waals surface area (Å²) < 4.78 is 5.29. The number of benzene rings is 2. The summed E-state index contributed by atoms with van der Waals surface area (Å²) in [6, 6.07) is 15.9. The second-order valence-corrected chi connectivity index (χ2v) is 5.27. The minimum absolute atomic E-state index is 0.0679. The summed E-state index contributed by atoms with van der Waals surface area (Å²) in [6.45, 7) is 3.81. The van der Waals surface area contributed by atoms with Crippen molar-refractivity contribution in [2.45, 2.75) is 19.9 Å². The zero-order valence-electron chi connectivity index (χ0n) is 12.0. The molecular weight excluding hydrogens is 264 g/mol. The lowest BCUT2D eigenvalue weighted by atomic mass is 10.1. The maximum absolute atomic E-state index is 11.9. The number of hydrogen-bond acceptors (Lipinski definition) is 3. The van der Waals surface area contributed by atoms with Gasteiger partial charge in [0, 0.05) is 17.7 Å². The van der Waals surface area contributed by atoms with Crippen LogP contribution in [0.15, 0.2) is 53.1 Å². The Balaban J connectivity index is 1.92. The van der Waals surface area contributed by atoms with Crippen molar-refractivity contribution >= 4 is 16.7 Å². The third-order valence-corrected chi connectivity index (χ3v) is 3.20. The minimum Gasteiger partial charge on any atom is -0.355 e. The maximum Gasteiger partial charge on any atom is 0.273 e. The van der Waals surface area contributed by atoms with Crippen molar-refractivity contribution in [1.29, 1.82) is 0 Å². The number of hydrogen-bond donors (Lipinski definition) is 1. The normalized spacial score (nSPS) is 11.0. The van der Waals surface area contributed by atoms with Gasteiger partial charge in [-0.25, -0.2) is 0 Å². The van der Waals surface area contributed by atoms with E-state index >= 15 is 0 Å². The van der Waals surface area contributed by atoms with Crippen molar-refractivity contribution in [3.63, 3.8) is 0 Å². The summed E-state index contributed by atoms with van der Waals surface area (Å²) in [6.07, 6.45) is 0. The van der Waals surface area contributed by atoms with Crippen molar-refractivity contribution in [2.75, 3.05) is 0 Å². The largest absolute Gasteiger partial charge is 0.355 e. The molecule has 1 aromatic heterocycles. The number of amides is 1. The zero-order valence-corrected chi connectivity index (χ0v) is 12.0. The molecule has 0 fully saturated rings. The molecule has 1 amide bonds. The monoisotopic (exact) mass is 280 g/mol. The fourth-order valence-corrected chi connectivity index (χ4v) is 2.20. The van der Waals surface area contributed by atoms with Gasteiger partial charge in [0.15, 0.2) is 11.5 Å². The topological polar surface area (TPSA) is 55.1 Å². The summed E-state index contributed by atoms with van der Waals surface area (Å²) in [4.78, 5) is 11.9. The van der Waals surface area contributed by atoms with E-state index in [-0.39, 0.29) is 11.9 Å². The number of rotatable bonds is 3. The fraction of sp³-hybridized carbons (Fsp3) is 0.176. The van der Waals surface area contributed by atoms with Gasteiger partial charge < -0.3 is 9.84 Å². The molecule has 4 nitrogen and oxygen atoms in total. The number of fused-ring (bicyclic) bond motifs is 1. The van der Waals surface area contributed by atoms with Gasteiger partial charge in [-0.1, -0.05) is 41.6 Å². The molecule has 0 radical (unpaired) electrons. The van der Waals surface area contributed by atoms with E-state index in [9.17, 15) is 4.79 Å². The Kier molecular flexibility index (Phi) is 3.44. The lowest BCUT2D eigenvalue weighted by molar-refractivity contribution is 0.0934. The molecule has 0 aliphatic rings. The van der Waals surface area contributed by atoms with Gasteiger partial charge in [-0.05, 0) is 30.7 Å². The van der Waals surface area contributed by atoms with Crippen LogP contribution in [0.1, 0.15) is 24.3 Å². The molecule has 1 N–H and O–H groups in total. The van der Waals surface area contributed by atoms with Gasteiger partial charge in [-0.15, -0.1) is 0 Å². The summed E-state index contributed by atoms with van der Waals surface area (Å²) in [5.74, 6) is 0.371.